The van der Waals surface area contributed by atoms with Gasteiger partial charge in [-0.25, -0.2) is 9.97 Å². The van der Waals surface area contributed by atoms with E-state index in [4.69, 9.17) is 0 Å². The summed E-state index contributed by atoms with van der Waals surface area (Å²) in [6.45, 7) is 1.24. The van der Waals surface area contributed by atoms with E-state index in [1.807, 2.05) is 30.3 Å². The number of aromatic nitrogens is 2. The lowest BCUT2D eigenvalue weighted by atomic mass is 10.1. The van der Waals surface area contributed by atoms with Crippen molar-refractivity contribution in [3.05, 3.63) is 48.3 Å². The van der Waals surface area contributed by atoms with Gasteiger partial charge in [0.15, 0.2) is 0 Å². The molecular weight excluding hydrogens is 305 g/mol. The van der Waals surface area contributed by atoms with Gasteiger partial charge in [-0.15, -0.1) is 0 Å². The Morgan fingerprint density at radius 1 is 1.13 bits per heavy atom. The van der Waals surface area contributed by atoms with Crippen molar-refractivity contribution in [2.75, 3.05) is 23.3 Å². The van der Waals surface area contributed by atoms with Crippen molar-refractivity contribution in [3.8, 4) is 0 Å². The Hall–Kier alpha value is -2.31. The Morgan fingerprint density at radius 2 is 1.91 bits per heavy atom. The first-order valence-corrected chi connectivity index (χ1v) is 7.49. The average molecular weight is 322 g/mol. The van der Waals surface area contributed by atoms with E-state index in [-0.39, 0.29) is 12.0 Å². The molecule has 2 aromatic rings. The molecule has 1 aromatic heterocycles. The van der Waals surface area contributed by atoms with Gasteiger partial charge in [0, 0.05) is 31.0 Å². The van der Waals surface area contributed by atoms with Crippen molar-refractivity contribution in [1.82, 2.24) is 9.97 Å². The van der Waals surface area contributed by atoms with Gasteiger partial charge in [0.1, 0.15) is 5.69 Å². The fourth-order valence-electron chi connectivity index (χ4n) is 2.71. The minimum absolute atomic E-state index is 0.138. The molecule has 1 unspecified atom stereocenters. The second kappa shape index (κ2) is 6.44. The number of benzene rings is 1. The summed E-state index contributed by atoms with van der Waals surface area (Å²) in [6.07, 6.45) is -1.44. The number of anilines is 2. The van der Waals surface area contributed by atoms with E-state index in [2.05, 4.69) is 15.3 Å². The SMILES string of the molecule is FC(F)(F)c1ccnc(N2CCCC(Nc3ccccc3)C2)n1. The smallest absolute Gasteiger partial charge is 0.381 e. The van der Waals surface area contributed by atoms with Crippen molar-refractivity contribution in [2.45, 2.75) is 25.1 Å². The fourth-order valence-corrected chi connectivity index (χ4v) is 2.71. The Labute approximate surface area is 132 Å². The summed E-state index contributed by atoms with van der Waals surface area (Å²) < 4.78 is 38.3. The normalized spacial score (nSPS) is 18.7. The summed E-state index contributed by atoms with van der Waals surface area (Å²) in [7, 11) is 0. The molecule has 2 heterocycles. The van der Waals surface area contributed by atoms with Crippen LogP contribution in [-0.2, 0) is 6.18 Å². The van der Waals surface area contributed by atoms with Crippen LogP contribution >= 0.6 is 0 Å². The monoisotopic (exact) mass is 322 g/mol. The molecule has 7 heteroatoms. The summed E-state index contributed by atoms with van der Waals surface area (Å²) >= 11 is 0. The Morgan fingerprint density at radius 3 is 2.65 bits per heavy atom. The zero-order valence-corrected chi connectivity index (χ0v) is 12.4. The van der Waals surface area contributed by atoms with Crippen molar-refractivity contribution in [2.24, 2.45) is 0 Å². The van der Waals surface area contributed by atoms with Crippen LogP contribution in [0.25, 0.3) is 0 Å². The molecule has 1 aliphatic heterocycles. The van der Waals surface area contributed by atoms with Gasteiger partial charge in [-0.2, -0.15) is 13.2 Å². The van der Waals surface area contributed by atoms with E-state index < -0.39 is 11.9 Å². The molecule has 1 atom stereocenters. The maximum atomic E-state index is 12.8. The van der Waals surface area contributed by atoms with Crippen LogP contribution in [0.2, 0.25) is 0 Å². The van der Waals surface area contributed by atoms with E-state index in [9.17, 15) is 13.2 Å². The number of hydrogen-bond acceptors (Lipinski definition) is 4. The topological polar surface area (TPSA) is 41.1 Å². The van der Waals surface area contributed by atoms with Crippen LogP contribution in [0.4, 0.5) is 24.8 Å². The predicted molar refractivity (Wildman–Crippen MR) is 82.3 cm³/mol. The summed E-state index contributed by atoms with van der Waals surface area (Å²) in [4.78, 5) is 9.48. The van der Waals surface area contributed by atoms with Crippen molar-refractivity contribution in [1.29, 1.82) is 0 Å². The Kier molecular flexibility index (Phi) is 4.36. The van der Waals surface area contributed by atoms with Gasteiger partial charge >= 0.3 is 6.18 Å². The number of rotatable bonds is 3. The fraction of sp³-hybridized carbons (Fsp3) is 0.375. The van der Waals surface area contributed by atoms with Gasteiger partial charge in [0.25, 0.3) is 0 Å². The van der Waals surface area contributed by atoms with Gasteiger partial charge in [0.05, 0.1) is 0 Å². The van der Waals surface area contributed by atoms with Gasteiger partial charge in [-0.1, -0.05) is 18.2 Å². The zero-order valence-electron chi connectivity index (χ0n) is 12.4. The highest BCUT2D eigenvalue weighted by molar-refractivity contribution is 5.44. The highest BCUT2D eigenvalue weighted by atomic mass is 19.4. The number of nitrogens with one attached hydrogen (secondary N) is 1. The largest absolute Gasteiger partial charge is 0.433 e. The molecule has 0 bridgehead atoms. The van der Waals surface area contributed by atoms with Crippen LogP contribution in [0.5, 0.6) is 0 Å². The van der Waals surface area contributed by atoms with Crippen LogP contribution in [0, 0.1) is 0 Å². The number of para-hydroxylation sites is 1. The molecular formula is C16H17F3N4. The standard InChI is InChI=1S/C16H17F3N4/c17-16(18,19)14-8-9-20-15(22-14)23-10-4-7-13(11-23)21-12-5-2-1-3-6-12/h1-3,5-6,8-9,13,21H,4,7,10-11H2. The molecule has 1 aliphatic rings. The average Bonchev–Trinajstić information content (AvgIpc) is 2.55. The molecule has 1 saturated heterocycles. The maximum absolute atomic E-state index is 12.8. The summed E-state index contributed by atoms with van der Waals surface area (Å²) in [5, 5.41) is 3.41. The van der Waals surface area contributed by atoms with Crippen LogP contribution in [0.1, 0.15) is 18.5 Å². The minimum atomic E-state index is -4.45. The molecule has 0 radical (unpaired) electrons. The number of hydrogen-bond donors (Lipinski definition) is 1. The Bertz CT molecular complexity index is 645. The number of alkyl halides is 3. The van der Waals surface area contributed by atoms with Crippen LogP contribution in [-0.4, -0.2) is 29.1 Å². The first-order chi connectivity index (χ1) is 11.0. The summed E-state index contributed by atoms with van der Waals surface area (Å²) in [6, 6.07) is 10.8. The van der Waals surface area contributed by atoms with E-state index in [1.165, 1.54) is 6.20 Å². The summed E-state index contributed by atoms with van der Waals surface area (Å²) in [5.41, 5.74) is 0.102. The van der Waals surface area contributed by atoms with E-state index in [0.717, 1.165) is 24.6 Å². The van der Waals surface area contributed by atoms with Gasteiger partial charge in [-0.3, -0.25) is 0 Å². The lowest BCUT2D eigenvalue weighted by Gasteiger charge is -2.33. The quantitative estimate of drug-likeness (QED) is 0.938. The van der Waals surface area contributed by atoms with E-state index in [1.54, 1.807) is 4.90 Å². The first kappa shape index (κ1) is 15.6. The molecule has 0 aliphatic carbocycles. The molecule has 1 N–H and O–H groups in total. The lowest BCUT2D eigenvalue weighted by molar-refractivity contribution is -0.141. The first-order valence-electron chi connectivity index (χ1n) is 7.49. The minimum Gasteiger partial charge on any atom is -0.381 e. The lowest BCUT2D eigenvalue weighted by Crippen LogP contribution is -2.43. The van der Waals surface area contributed by atoms with Gasteiger partial charge < -0.3 is 10.2 Å². The third kappa shape index (κ3) is 3.91. The highest BCUT2D eigenvalue weighted by Gasteiger charge is 2.33. The molecule has 122 valence electrons. The zero-order chi connectivity index (χ0) is 16.3. The molecule has 0 saturated carbocycles. The Balaban J connectivity index is 1.71. The van der Waals surface area contributed by atoms with Crippen LogP contribution in [0.15, 0.2) is 42.6 Å². The van der Waals surface area contributed by atoms with Gasteiger partial charge in [-0.05, 0) is 31.0 Å². The van der Waals surface area contributed by atoms with Crippen LogP contribution in [0.3, 0.4) is 0 Å². The number of nitrogens with zero attached hydrogens (tertiary/aromatic N) is 3. The van der Waals surface area contributed by atoms with Gasteiger partial charge in [0.2, 0.25) is 5.95 Å². The van der Waals surface area contributed by atoms with E-state index >= 15 is 0 Å². The number of halogens is 3. The molecule has 4 nitrogen and oxygen atoms in total. The molecule has 0 spiro atoms. The summed E-state index contributed by atoms with van der Waals surface area (Å²) in [5.74, 6) is 0.138. The highest BCUT2D eigenvalue weighted by Crippen LogP contribution is 2.28. The molecule has 1 fully saturated rings. The molecule has 3 rings (SSSR count). The van der Waals surface area contributed by atoms with Crippen molar-refractivity contribution in [3.63, 3.8) is 0 Å². The third-order valence-corrected chi connectivity index (χ3v) is 3.78. The maximum Gasteiger partial charge on any atom is 0.433 e. The molecule has 0 amide bonds. The third-order valence-electron chi connectivity index (χ3n) is 3.78. The second-order valence-electron chi connectivity index (χ2n) is 5.54. The molecule has 1 aromatic carbocycles. The number of piperidine rings is 1. The van der Waals surface area contributed by atoms with Crippen LogP contribution < -0.4 is 10.2 Å². The van der Waals surface area contributed by atoms with Crippen molar-refractivity contribution < 1.29 is 13.2 Å². The second-order valence-corrected chi connectivity index (χ2v) is 5.54. The predicted octanol–water partition coefficient (Wildman–Crippen LogP) is 3.58. The van der Waals surface area contributed by atoms with E-state index in [0.29, 0.717) is 13.1 Å². The molecule has 23 heavy (non-hydrogen) atoms. The van der Waals surface area contributed by atoms with Crippen molar-refractivity contribution >= 4 is 11.6 Å².